The maximum absolute atomic E-state index is 13.7. The van der Waals surface area contributed by atoms with Gasteiger partial charge in [-0.3, -0.25) is 9.52 Å². The minimum atomic E-state index is -2.92. The van der Waals surface area contributed by atoms with Crippen molar-refractivity contribution < 1.29 is 18.8 Å². The lowest BCUT2D eigenvalue weighted by molar-refractivity contribution is -0.0814. The highest BCUT2D eigenvalue weighted by Crippen LogP contribution is 2.48. The molecule has 0 aromatic heterocycles. The van der Waals surface area contributed by atoms with Crippen LogP contribution >= 0.6 is 11.6 Å². The van der Waals surface area contributed by atoms with Crippen LogP contribution in [0.1, 0.15) is 80.3 Å². The van der Waals surface area contributed by atoms with Crippen LogP contribution in [0.15, 0.2) is 36.4 Å². The van der Waals surface area contributed by atoms with E-state index in [4.69, 9.17) is 22.1 Å². The number of carbonyl (C=O) groups excluding carboxylic acids is 1. The topological polar surface area (TPSA) is 105 Å². The number of carbonyl (C=O) groups is 1. The van der Waals surface area contributed by atoms with Gasteiger partial charge >= 0.3 is 0 Å². The minimum absolute atomic E-state index is 0.0535. The van der Waals surface area contributed by atoms with Gasteiger partial charge in [0.2, 0.25) is 0 Å². The first-order chi connectivity index (χ1) is 20.4. The number of aryl methyl sites for hydroxylation is 1. The number of aliphatic hydroxyl groups is 1. The third-order valence-corrected chi connectivity index (χ3v) is 13.6. The van der Waals surface area contributed by atoms with Crippen LogP contribution in [0.3, 0.4) is 0 Å². The van der Waals surface area contributed by atoms with Crippen LogP contribution in [0.4, 0.5) is 5.69 Å². The normalized spacial score (nSPS) is 36.4. The van der Waals surface area contributed by atoms with Gasteiger partial charge in [-0.1, -0.05) is 31.0 Å². The van der Waals surface area contributed by atoms with Crippen molar-refractivity contribution >= 4 is 38.8 Å². The molecule has 234 valence electrons. The van der Waals surface area contributed by atoms with Gasteiger partial charge in [0.25, 0.3) is 5.91 Å². The molecule has 1 amide bonds. The average Bonchev–Trinajstić information content (AvgIpc) is 3.11. The van der Waals surface area contributed by atoms with Gasteiger partial charge < -0.3 is 20.5 Å². The lowest BCUT2D eigenvalue weighted by Gasteiger charge is -2.50. The molecule has 9 heteroatoms. The fraction of sp³-hybridized carbons (Fsp3) is 0.588. The van der Waals surface area contributed by atoms with Crippen molar-refractivity contribution in [1.82, 2.24) is 4.72 Å². The number of halogens is 1. The quantitative estimate of drug-likeness (QED) is 0.380. The van der Waals surface area contributed by atoms with Crippen LogP contribution in [-0.2, 0) is 21.5 Å². The summed E-state index contributed by atoms with van der Waals surface area (Å²) in [6, 6.07) is 11.7. The maximum atomic E-state index is 13.7. The van der Waals surface area contributed by atoms with E-state index in [0.29, 0.717) is 18.6 Å². The number of rotatable bonds is 1. The second-order valence-electron chi connectivity index (χ2n) is 13.8. The summed E-state index contributed by atoms with van der Waals surface area (Å²) in [6.45, 7) is 6.15. The standard InChI is InChI=1S/C34H46ClN3O4S/c1-22-6-4-15-34(40,19-36)29-11-8-26(29)18-38-20-33(14-5-7-24-16-27(35)10-12-28(24)33)21-42-31-13-9-25(17-30(31)38)32(39)37-43(3,41)23(22)2/h9-10,12-13,16-17,22-23,26,29,40H,3-8,11,14-15,18-21,36H2,1-2H3,(H,37,39,41)/t22-,23+,26-,29+,33-,34+,43?/m0/s1. The van der Waals surface area contributed by atoms with Crippen molar-refractivity contribution in [2.45, 2.75) is 81.5 Å². The van der Waals surface area contributed by atoms with Crippen LogP contribution in [0, 0.1) is 17.8 Å². The van der Waals surface area contributed by atoms with Crippen molar-refractivity contribution in [2.75, 3.05) is 31.1 Å². The molecule has 2 aromatic carbocycles. The van der Waals surface area contributed by atoms with Crippen molar-refractivity contribution in [2.24, 2.45) is 23.5 Å². The summed E-state index contributed by atoms with van der Waals surface area (Å²) >= 11 is 6.42. The number of hydrogen-bond acceptors (Lipinski definition) is 6. The zero-order chi connectivity index (χ0) is 30.6. The highest BCUT2D eigenvalue weighted by atomic mass is 35.5. The zero-order valence-electron chi connectivity index (χ0n) is 25.4. The summed E-state index contributed by atoms with van der Waals surface area (Å²) in [5.41, 5.74) is 8.95. The van der Waals surface area contributed by atoms with E-state index < -0.39 is 15.3 Å². The van der Waals surface area contributed by atoms with Crippen molar-refractivity contribution in [3.05, 3.63) is 58.1 Å². The molecule has 2 bridgehead atoms. The van der Waals surface area contributed by atoms with E-state index in [1.165, 1.54) is 11.1 Å². The maximum Gasteiger partial charge on any atom is 0.262 e. The lowest BCUT2D eigenvalue weighted by Crippen LogP contribution is -2.55. The number of fused-ring (bicyclic) bond motifs is 4. The third-order valence-electron chi connectivity index (χ3n) is 11.2. The Hall–Kier alpha value is -2.26. The lowest BCUT2D eigenvalue weighted by atomic mass is 9.63. The summed E-state index contributed by atoms with van der Waals surface area (Å²) < 4.78 is 23.1. The molecule has 1 spiro atoms. The number of nitrogens with zero attached hydrogens (tertiary/aromatic N) is 1. The molecular formula is C34H46ClN3O4S. The van der Waals surface area contributed by atoms with Gasteiger partial charge in [0.05, 0.1) is 27.6 Å². The van der Waals surface area contributed by atoms with Gasteiger partial charge in [0.15, 0.2) is 0 Å². The van der Waals surface area contributed by atoms with E-state index in [1.807, 2.05) is 32.0 Å². The fourth-order valence-corrected chi connectivity index (χ4v) is 9.82. The second kappa shape index (κ2) is 11.6. The van der Waals surface area contributed by atoms with Gasteiger partial charge in [0, 0.05) is 40.9 Å². The molecule has 1 unspecified atom stereocenters. The molecule has 7 nitrogen and oxygen atoms in total. The molecule has 1 fully saturated rings. The Morgan fingerprint density at radius 1 is 1.16 bits per heavy atom. The summed E-state index contributed by atoms with van der Waals surface area (Å²) in [5, 5.41) is 12.3. The van der Waals surface area contributed by atoms with Gasteiger partial charge in [0.1, 0.15) is 5.75 Å². The molecule has 2 aliphatic carbocycles. The molecule has 2 aromatic rings. The largest absolute Gasteiger partial charge is 0.490 e. The average molecular weight is 628 g/mol. The summed E-state index contributed by atoms with van der Waals surface area (Å²) in [5.74, 6) is 4.74. The number of ether oxygens (including phenoxy) is 1. The van der Waals surface area contributed by atoms with Gasteiger partial charge in [-0.05, 0) is 117 Å². The molecule has 43 heavy (non-hydrogen) atoms. The Morgan fingerprint density at radius 3 is 2.72 bits per heavy atom. The van der Waals surface area contributed by atoms with Crippen molar-refractivity contribution in [3.8, 4) is 5.75 Å². The Bertz CT molecular complexity index is 1500. The molecular weight excluding hydrogens is 582 g/mol. The number of hydrogen-bond donors (Lipinski definition) is 3. The van der Waals surface area contributed by atoms with E-state index in [1.54, 1.807) is 6.07 Å². The number of benzene rings is 2. The van der Waals surface area contributed by atoms with Gasteiger partial charge in [-0.2, -0.15) is 0 Å². The minimum Gasteiger partial charge on any atom is -0.490 e. The van der Waals surface area contributed by atoms with Crippen LogP contribution < -0.4 is 20.1 Å². The van der Waals surface area contributed by atoms with Crippen LogP contribution in [0.25, 0.3) is 0 Å². The summed E-state index contributed by atoms with van der Waals surface area (Å²) in [4.78, 5) is 15.9. The number of nitrogens with one attached hydrogen (secondary N) is 1. The van der Waals surface area contributed by atoms with E-state index in [2.05, 4.69) is 27.6 Å². The molecule has 0 radical (unpaired) electrons. The SMILES string of the molecule is C=S1(=O)NC(=O)c2ccc3c(c2)N(C[C@@H]2CC[C@H]2[C@](O)(CN)CCC[C@H](C)[C@H]1C)C[C@@]1(CCCc2cc(Cl)ccc21)CO3. The van der Waals surface area contributed by atoms with Gasteiger partial charge in [-0.15, -0.1) is 0 Å². The molecule has 1 saturated carbocycles. The monoisotopic (exact) mass is 627 g/mol. The Balaban J connectivity index is 1.43. The molecule has 4 aliphatic rings. The Labute approximate surface area is 261 Å². The van der Waals surface area contributed by atoms with E-state index in [9.17, 15) is 14.1 Å². The molecule has 7 atom stereocenters. The van der Waals surface area contributed by atoms with E-state index >= 15 is 0 Å². The van der Waals surface area contributed by atoms with Crippen LogP contribution in [0.2, 0.25) is 5.02 Å². The molecule has 6 rings (SSSR count). The predicted octanol–water partition coefficient (Wildman–Crippen LogP) is 5.10. The Kier molecular flexibility index (Phi) is 8.29. The first-order valence-electron chi connectivity index (χ1n) is 15.9. The number of anilines is 1. The first-order valence-corrected chi connectivity index (χ1v) is 18.0. The predicted molar refractivity (Wildman–Crippen MR) is 176 cm³/mol. The Morgan fingerprint density at radius 2 is 1.98 bits per heavy atom. The fourth-order valence-electron chi connectivity index (χ4n) is 8.12. The summed E-state index contributed by atoms with van der Waals surface area (Å²) in [7, 11) is -2.92. The van der Waals surface area contributed by atoms with Crippen molar-refractivity contribution in [1.29, 1.82) is 0 Å². The van der Waals surface area contributed by atoms with Crippen LogP contribution in [0.5, 0.6) is 5.75 Å². The third kappa shape index (κ3) is 5.69. The number of nitrogens with two attached hydrogens (primary N) is 1. The van der Waals surface area contributed by atoms with E-state index in [-0.39, 0.29) is 40.9 Å². The van der Waals surface area contributed by atoms with Crippen LogP contribution in [-0.4, -0.2) is 58.2 Å². The molecule has 4 N–H and O–H groups in total. The number of amides is 1. The summed E-state index contributed by atoms with van der Waals surface area (Å²) in [6.07, 6.45) is 7.15. The molecule has 2 heterocycles. The first kappa shape index (κ1) is 30.8. The molecule has 2 aliphatic heterocycles. The zero-order valence-corrected chi connectivity index (χ0v) is 27.0. The van der Waals surface area contributed by atoms with Gasteiger partial charge in [-0.25, -0.2) is 4.21 Å². The highest BCUT2D eigenvalue weighted by molar-refractivity contribution is 7.99. The highest BCUT2D eigenvalue weighted by Gasteiger charge is 2.48. The van der Waals surface area contributed by atoms with E-state index in [0.717, 1.165) is 74.5 Å². The smallest absolute Gasteiger partial charge is 0.262 e. The second-order valence-corrected chi connectivity index (χ2v) is 16.6. The molecule has 0 saturated heterocycles. The van der Waals surface area contributed by atoms with Crippen molar-refractivity contribution in [3.63, 3.8) is 0 Å².